The van der Waals surface area contributed by atoms with E-state index >= 15 is 0 Å². The molecular formula is C27H23N3O2. The topological polar surface area (TPSA) is 78.1 Å². The van der Waals surface area contributed by atoms with E-state index in [2.05, 4.69) is 9.97 Å². The number of carbonyl (C=O) groups excluding carboxylic acids is 1. The van der Waals surface area contributed by atoms with Gasteiger partial charge in [0.25, 0.3) is 0 Å². The summed E-state index contributed by atoms with van der Waals surface area (Å²) < 4.78 is 5.94. The van der Waals surface area contributed by atoms with Gasteiger partial charge in [-0.05, 0) is 71.9 Å². The van der Waals surface area contributed by atoms with E-state index in [1.165, 1.54) is 0 Å². The summed E-state index contributed by atoms with van der Waals surface area (Å²) in [6.45, 7) is 0.368. The van der Waals surface area contributed by atoms with Crippen LogP contribution in [0.4, 0.5) is 0 Å². The minimum absolute atomic E-state index is 0.356. The van der Waals surface area contributed by atoms with Gasteiger partial charge in [0.2, 0.25) is 5.91 Å². The lowest BCUT2D eigenvalue weighted by atomic mass is 9.91. The number of allylic oxidation sites excluding steroid dienone is 1. The number of nitrogens with zero attached hydrogens (tertiary/aromatic N) is 2. The number of fused-ring (bicyclic) bond motifs is 1. The van der Waals surface area contributed by atoms with E-state index in [9.17, 15) is 4.79 Å². The van der Waals surface area contributed by atoms with E-state index < -0.39 is 5.91 Å². The van der Waals surface area contributed by atoms with Crippen LogP contribution < -0.4 is 10.5 Å². The molecule has 5 heteroatoms. The fourth-order valence-electron chi connectivity index (χ4n) is 3.98. The number of primary amides is 1. The molecular weight excluding hydrogens is 398 g/mol. The number of ether oxygens (including phenoxy) is 1. The van der Waals surface area contributed by atoms with E-state index in [1.54, 1.807) is 12.4 Å². The van der Waals surface area contributed by atoms with Crippen LogP contribution in [0.2, 0.25) is 0 Å². The van der Waals surface area contributed by atoms with Crippen LogP contribution in [-0.4, -0.2) is 15.9 Å². The molecule has 1 aliphatic rings. The van der Waals surface area contributed by atoms with Gasteiger partial charge in [-0.15, -0.1) is 0 Å². The van der Waals surface area contributed by atoms with Gasteiger partial charge >= 0.3 is 0 Å². The molecule has 1 saturated carbocycles. The van der Waals surface area contributed by atoms with Gasteiger partial charge in [0.1, 0.15) is 12.4 Å². The normalized spacial score (nSPS) is 14.1. The molecule has 0 spiro atoms. The largest absolute Gasteiger partial charge is 0.487 e. The zero-order chi connectivity index (χ0) is 21.9. The van der Waals surface area contributed by atoms with Gasteiger partial charge in [-0.3, -0.25) is 9.78 Å². The van der Waals surface area contributed by atoms with Crippen molar-refractivity contribution in [1.29, 1.82) is 0 Å². The summed E-state index contributed by atoms with van der Waals surface area (Å²) in [7, 11) is 0. The van der Waals surface area contributed by atoms with Crippen molar-refractivity contribution in [3.63, 3.8) is 0 Å². The molecule has 0 atom stereocenters. The van der Waals surface area contributed by atoms with Crippen LogP contribution in [-0.2, 0) is 11.4 Å². The summed E-state index contributed by atoms with van der Waals surface area (Å²) in [5.41, 5.74) is 11.0. The molecule has 5 nitrogen and oxygen atoms in total. The predicted octanol–water partition coefficient (Wildman–Crippen LogP) is 5.01. The van der Waals surface area contributed by atoms with Crippen LogP contribution in [0.5, 0.6) is 5.75 Å². The highest BCUT2D eigenvalue weighted by Gasteiger charge is 2.31. The third kappa shape index (κ3) is 4.23. The fraction of sp³-hybridized carbons (Fsp3) is 0.148. The second-order valence-corrected chi connectivity index (χ2v) is 7.97. The standard InChI is InChI=1S/C27H23N3O2/c28-27(31)26(25(19-5-6-19)21-13-15-29-16-14-21)20-8-11-23(12-9-20)32-17-22-10-7-18-3-1-2-4-24(18)30-22/h1-4,7-16,19H,5-6,17H2,(H2,28,31). The Bertz CT molecular complexity index is 1290. The van der Waals surface area contributed by atoms with Gasteiger partial charge < -0.3 is 10.5 Å². The molecule has 158 valence electrons. The number of aromatic nitrogens is 2. The average molecular weight is 422 g/mol. The van der Waals surface area contributed by atoms with Gasteiger partial charge in [0.05, 0.1) is 16.8 Å². The molecule has 1 fully saturated rings. The molecule has 1 amide bonds. The van der Waals surface area contributed by atoms with Gasteiger partial charge in [-0.25, -0.2) is 4.98 Å². The minimum Gasteiger partial charge on any atom is -0.487 e. The van der Waals surface area contributed by atoms with Crippen LogP contribution in [0.15, 0.2) is 85.2 Å². The second kappa shape index (κ2) is 8.63. The number of para-hydroxylation sites is 1. The van der Waals surface area contributed by atoms with Gasteiger partial charge in [0, 0.05) is 17.8 Å². The second-order valence-electron chi connectivity index (χ2n) is 7.97. The maximum Gasteiger partial charge on any atom is 0.249 e. The SMILES string of the molecule is NC(=O)C(=C(c1ccncc1)C1CC1)c1ccc(OCc2ccc3ccccc3n2)cc1. The number of hydrogen-bond donors (Lipinski definition) is 1. The highest BCUT2D eigenvalue weighted by Crippen LogP contribution is 2.45. The van der Waals surface area contributed by atoms with Crippen molar-refractivity contribution in [2.75, 3.05) is 0 Å². The Labute approximate surface area is 186 Å². The van der Waals surface area contributed by atoms with E-state index in [-0.39, 0.29) is 0 Å². The summed E-state index contributed by atoms with van der Waals surface area (Å²) >= 11 is 0. The molecule has 0 unspecified atom stereocenters. The van der Waals surface area contributed by atoms with Crippen LogP contribution in [0.3, 0.4) is 0 Å². The average Bonchev–Trinajstić information content (AvgIpc) is 3.67. The molecule has 1 aliphatic carbocycles. The van der Waals surface area contributed by atoms with Crippen molar-refractivity contribution in [3.8, 4) is 5.75 Å². The molecule has 4 aromatic rings. The van der Waals surface area contributed by atoms with Crippen LogP contribution in [0.1, 0.15) is 29.7 Å². The fourth-order valence-corrected chi connectivity index (χ4v) is 3.98. The Morgan fingerprint density at radius 3 is 2.38 bits per heavy atom. The molecule has 2 aromatic carbocycles. The first-order valence-electron chi connectivity index (χ1n) is 10.7. The summed E-state index contributed by atoms with van der Waals surface area (Å²) in [5.74, 6) is 0.650. The third-order valence-corrected chi connectivity index (χ3v) is 5.68. The molecule has 0 aliphatic heterocycles. The first-order valence-corrected chi connectivity index (χ1v) is 10.7. The van der Waals surface area contributed by atoms with Crippen LogP contribution in [0.25, 0.3) is 22.0 Å². The molecule has 5 rings (SSSR count). The summed E-state index contributed by atoms with van der Waals surface area (Å²) in [6.07, 6.45) is 5.62. The van der Waals surface area contributed by atoms with Crippen molar-refractivity contribution >= 4 is 28.0 Å². The highest BCUT2D eigenvalue weighted by molar-refractivity contribution is 6.26. The zero-order valence-electron chi connectivity index (χ0n) is 17.6. The van der Waals surface area contributed by atoms with Crippen molar-refractivity contribution in [3.05, 3.63) is 102 Å². The van der Waals surface area contributed by atoms with Gasteiger partial charge in [-0.2, -0.15) is 0 Å². The molecule has 0 bridgehead atoms. The Morgan fingerprint density at radius 2 is 1.66 bits per heavy atom. The third-order valence-electron chi connectivity index (χ3n) is 5.68. The number of nitrogens with two attached hydrogens (primary N) is 1. The van der Waals surface area contributed by atoms with Gasteiger partial charge in [0.15, 0.2) is 0 Å². The number of hydrogen-bond acceptors (Lipinski definition) is 4. The minimum atomic E-state index is -0.419. The van der Waals surface area contributed by atoms with Crippen molar-refractivity contribution in [2.45, 2.75) is 19.4 Å². The van der Waals surface area contributed by atoms with E-state index in [4.69, 9.17) is 10.5 Å². The lowest BCUT2D eigenvalue weighted by Crippen LogP contribution is -2.15. The number of amides is 1. The van der Waals surface area contributed by atoms with Crippen LogP contribution >= 0.6 is 0 Å². The summed E-state index contributed by atoms with van der Waals surface area (Å²) in [4.78, 5) is 21.2. The van der Waals surface area contributed by atoms with Gasteiger partial charge in [-0.1, -0.05) is 36.4 Å². The maximum atomic E-state index is 12.5. The first kappa shape index (κ1) is 19.9. The number of carbonyl (C=O) groups is 1. The Morgan fingerprint density at radius 1 is 0.906 bits per heavy atom. The Kier molecular flexibility index (Phi) is 5.38. The lowest BCUT2D eigenvalue weighted by Gasteiger charge is -2.14. The molecule has 0 radical (unpaired) electrons. The molecule has 2 heterocycles. The number of rotatable bonds is 7. The molecule has 2 N–H and O–H groups in total. The predicted molar refractivity (Wildman–Crippen MR) is 125 cm³/mol. The van der Waals surface area contributed by atoms with Crippen molar-refractivity contribution in [1.82, 2.24) is 9.97 Å². The summed E-state index contributed by atoms with van der Waals surface area (Å²) in [5, 5.41) is 1.10. The summed E-state index contributed by atoms with van der Waals surface area (Å²) in [6, 6.07) is 23.4. The van der Waals surface area contributed by atoms with E-state index in [0.29, 0.717) is 23.8 Å². The Balaban J connectivity index is 1.39. The smallest absolute Gasteiger partial charge is 0.249 e. The monoisotopic (exact) mass is 421 g/mol. The zero-order valence-corrected chi connectivity index (χ0v) is 17.6. The van der Waals surface area contributed by atoms with E-state index in [0.717, 1.165) is 46.1 Å². The van der Waals surface area contributed by atoms with E-state index in [1.807, 2.05) is 72.8 Å². The lowest BCUT2D eigenvalue weighted by molar-refractivity contribution is -0.112. The molecule has 32 heavy (non-hydrogen) atoms. The number of benzene rings is 2. The maximum absolute atomic E-state index is 12.5. The highest BCUT2D eigenvalue weighted by atomic mass is 16.5. The number of pyridine rings is 2. The molecule has 2 aromatic heterocycles. The quantitative estimate of drug-likeness (QED) is 0.425. The first-order chi connectivity index (χ1) is 15.7. The van der Waals surface area contributed by atoms with Crippen molar-refractivity contribution < 1.29 is 9.53 Å². The molecule has 0 saturated heterocycles. The van der Waals surface area contributed by atoms with Crippen molar-refractivity contribution in [2.24, 2.45) is 11.7 Å². The Hall–Kier alpha value is -3.99. The van der Waals surface area contributed by atoms with Crippen LogP contribution in [0, 0.1) is 5.92 Å².